The zero-order valence-electron chi connectivity index (χ0n) is 16.1. The number of phenolic OH excluding ortho intramolecular Hbond substituents is 1. The first-order valence-corrected chi connectivity index (χ1v) is 10.3. The number of hydrogen-bond acceptors (Lipinski definition) is 3. The molecule has 2 aromatic rings. The van der Waals surface area contributed by atoms with Crippen LogP contribution in [0.4, 0.5) is 5.69 Å². The summed E-state index contributed by atoms with van der Waals surface area (Å²) in [5.74, 6) is 1.67. The zero-order valence-corrected chi connectivity index (χ0v) is 16.1. The van der Waals surface area contributed by atoms with E-state index in [0.29, 0.717) is 17.6 Å². The van der Waals surface area contributed by atoms with Crippen LogP contribution in [0.2, 0.25) is 0 Å². The largest absolute Gasteiger partial charge is 0.508 e. The van der Waals surface area contributed by atoms with Crippen LogP contribution >= 0.6 is 0 Å². The molecule has 0 aromatic heterocycles. The Bertz CT molecular complexity index is 791. The smallest absolute Gasteiger partial charge is 0.123 e. The number of rotatable bonds is 4. The fraction of sp³-hybridized carbons (Fsp3) is 0.458. The number of nitrogens with zero attached hydrogens (tertiary/aromatic N) is 1. The van der Waals surface area contributed by atoms with Gasteiger partial charge < -0.3 is 14.8 Å². The number of piperidine rings is 1. The molecule has 2 atom stereocenters. The fourth-order valence-electron chi connectivity index (χ4n) is 4.95. The lowest BCUT2D eigenvalue weighted by molar-refractivity contribution is -0.111. The van der Waals surface area contributed by atoms with Crippen LogP contribution in [0.1, 0.15) is 55.2 Å². The van der Waals surface area contributed by atoms with E-state index < -0.39 is 0 Å². The summed E-state index contributed by atoms with van der Waals surface area (Å²) in [4.78, 5) is 13.4. The van der Waals surface area contributed by atoms with Gasteiger partial charge in [0.05, 0.1) is 0 Å². The molecule has 0 radical (unpaired) electrons. The second-order valence-corrected chi connectivity index (χ2v) is 8.12. The predicted octanol–water partition coefficient (Wildman–Crippen LogP) is 4.91. The number of benzene rings is 2. The van der Waals surface area contributed by atoms with E-state index >= 15 is 0 Å². The van der Waals surface area contributed by atoms with Gasteiger partial charge in [-0.3, -0.25) is 0 Å². The summed E-state index contributed by atoms with van der Waals surface area (Å²) >= 11 is 0. The van der Waals surface area contributed by atoms with Gasteiger partial charge in [-0.2, -0.15) is 0 Å². The molecule has 27 heavy (non-hydrogen) atoms. The highest BCUT2D eigenvalue weighted by Gasteiger charge is 2.30. The molecule has 1 heterocycles. The van der Waals surface area contributed by atoms with E-state index in [4.69, 9.17) is 0 Å². The average molecular weight is 364 g/mol. The molecule has 0 saturated carbocycles. The van der Waals surface area contributed by atoms with E-state index in [0.717, 1.165) is 38.6 Å². The molecule has 142 valence electrons. The van der Waals surface area contributed by atoms with Crippen molar-refractivity contribution in [3.8, 4) is 5.75 Å². The Morgan fingerprint density at radius 1 is 1.07 bits per heavy atom. The molecule has 1 aliphatic carbocycles. The number of aryl methyl sites for hydroxylation is 1. The van der Waals surface area contributed by atoms with Crippen LogP contribution in [0.3, 0.4) is 0 Å². The Morgan fingerprint density at radius 2 is 1.81 bits per heavy atom. The van der Waals surface area contributed by atoms with Gasteiger partial charge in [-0.25, -0.2) is 0 Å². The molecular weight excluding hydrogens is 334 g/mol. The standard InChI is InChI=1S/C24H29NO2/c1-2-18-3-4-20-15-22(27)9-10-23(20)24(18)19-5-7-21(8-6-19)25-13-11-17(16-26)12-14-25/h5-10,15-18,24,27H,2-4,11-14H2,1H3/t18-,24+/m1/s1. The van der Waals surface area contributed by atoms with E-state index in [1.54, 1.807) is 0 Å². The minimum absolute atomic E-state index is 0.237. The van der Waals surface area contributed by atoms with Gasteiger partial charge in [0.15, 0.2) is 0 Å². The van der Waals surface area contributed by atoms with Crippen molar-refractivity contribution < 1.29 is 9.90 Å². The molecule has 0 amide bonds. The van der Waals surface area contributed by atoms with E-state index in [1.165, 1.54) is 35.2 Å². The Kier molecular flexibility index (Phi) is 5.20. The first kappa shape index (κ1) is 18.1. The van der Waals surface area contributed by atoms with Crippen LogP contribution in [0, 0.1) is 11.8 Å². The number of carbonyl (C=O) groups is 1. The third-order valence-electron chi connectivity index (χ3n) is 6.59. The number of anilines is 1. The van der Waals surface area contributed by atoms with Crippen molar-refractivity contribution in [1.82, 2.24) is 0 Å². The molecule has 0 unspecified atom stereocenters. The quantitative estimate of drug-likeness (QED) is 0.785. The monoisotopic (exact) mass is 363 g/mol. The molecule has 2 aliphatic rings. The Morgan fingerprint density at radius 3 is 2.48 bits per heavy atom. The van der Waals surface area contributed by atoms with Crippen LogP contribution in [0.25, 0.3) is 0 Å². The number of aromatic hydroxyl groups is 1. The van der Waals surface area contributed by atoms with Gasteiger partial charge in [-0.1, -0.05) is 31.5 Å². The maximum absolute atomic E-state index is 11.0. The molecule has 3 heteroatoms. The molecule has 0 bridgehead atoms. The molecular formula is C24H29NO2. The van der Waals surface area contributed by atoms with Gasteiger partial charge in [0.25, 0.3) is 0 Å². The summed E-state index contributed by atoms with van der Waals surface area (Å²) in [5, 5.41) is 9.86. The Balaban J connectivity index is 1.58. The SMILES string of the molecule is CC[C@@H]1CCc2cc(O)ccc2[C@@H]1c1ccc(N2CCC(C=O)CC2)cc1. The van der Waals surface area contributed by atoms with Crippen molar-refractivity contribution in [1.29, 1.82) is 0 Å². The van der Waals surface area contributed by atoms with Crippen LogP contribution in [-0.2, 0) is 11.2 Å². The molecule has 0 spiro atoms. The van der Waals surface area contributed by atoms with Crippen molar-refractivity contribution >= 4 is 12.0 Å². The van der Waals surface area contributed by atoms with E-state index in [-0.39, 0.29) is 5.92 Å². The van der Waals surface area contributed by atoms with E-state index in [2.05, 4.69) is 42.2 Å². The zero-order chi connectivity index (χ0) is 18.8. The molecule has 4 rings (SSSR count). The minimum atomic E-state index is 0.237. The second-order valence-electron chi connectivity index (χ2n) is 8.12. The number of carbonyl (C=O) groups excluding carboxylic acids is 1. The number of hydrogen-bond donors (Lipinski definition) is 1. The Hall–Kier alpha value is -2.29. The maximum Gasteiger partial charge on any atom is 0.123 e. The third-order valence-corrected chi connectivity index (χ3v) is 6.59. The van der Waals surface area contributed by atoms with Crippen molar-refractivity contribution in [2.75, 3.05) is 18.0 Å². The summed E-state index contributed by atoms with van der Waals surface area (Å²) in [5.41, 5.74) is 5.31. The molecule has 2 aromatic carbocycles. The molecule has 1 N–H and O–H groups in total. The topological polar surface area (TPSA) is 40.5 Å². The molecule has 1 aliphatic heterocycles. The highest BCUT2D eigenvalue weighted by molar-refractivity contribution is 5.56. The lowest BCUT2D eigenvalue weighted by atomic mass is 9.71. The third kappa shape index (κ3) is 3.60. The van der Waals surface area contributed by atoms with Gasteiger partial charge in [-0.15, -0.1) is 0 Å². The first-order valence-electron chi connectivity index (χ1n) is 10.3. The minimum Gasteiger partial charge on any atom is -0.508 e. The predicted molar refractivity (Wildman–Crippen MR) is 109 cm³/mol. The number of aldehydes is 1. The average Bonchev–Trinajstić information content (AvgIpc) is 2.73. The van der Waals surface area contributed by atoms with Gasteiger partial charge in [0.1, 0.15) is 12.0 Å². The van der Waals surface area contributed by atoms with Crippen molar-refractivity contribution in [3.05, 3.63) is 59.2 Å². The lowest BCUT2D eigenvalue weighted by Crippen LogP contribution is -2.34. The van der Waals surface area contributed by atoms with Crippen LogP contribution in [0.15, 0.2) is 42.5 Å². The van der Waals surface area contributed by atoms with Crippen molar-refractivity contribution in [2.45, 2.75) is 44.9 Å². The van der Waals surface area contributed by atoms with Gasteiger partial charge in [-0.05, 0) is 72.6 Å². The second kappa shape index (κ2) is 7.75. The first-order chi connectivity index (χ1) is 13.2. The highest BCUT2D eigenvalue weighted by atomic mass is 16.3. The summed E-state index contributed by atoms with van der Waals surface area (Å²) in [6, 6.07) is 15.0. The van der Waals surface area contributed by atoms with Gasteiger partial charge >= 0.3 is 0 Å². The van der Waals surface area contributed by atoms with Gasteiger partial charge in [0.2, 0.25) is 0 Å². The summed E-state index contributed by atoms with van der Waals surface area (Å²) < 4.78 is 0. The summed E-state index contributed by atoms with van der Waals surface area (Å²) in [6.45, 7) is 4.21. The summed E-state index contributed by atoms with van der Waals surface area (Å²) in [7, 11) is 0. The summed E-state index contributed by atoms with van der Waals surface area (Å²) in [6.07, 6.45) is 6.45. The van der Waals surface area contributed by atoms with Crippen LogP contribution < -0.4 is 4.90 Å². The van der Waals surface area contributed by atoms with Crippen LogP contribution in [-0.4, -0.2) is 24.5 Å². The fourth-order valence-corrected chi connectivity index (χ4v) is 4.95. The molecule has 3 nitrogen and oxygen atoms in total. The van der Waals surface area contributed by atoms with E-state index in [9.17, 15) is 9.90 Å². The van der Waals surface area contributed by atoms with Crippen LogP contribution in [0.5, 0.6) is 5.75 Å². The maximum atomic E-state index is 11.0. The number of fused-ring (bicyclic) bond motifs is 1. The Labute approximate surface area is 162 Å². The molecule has 1 fully saturated rings. The van der Waals surface area contributed by atoms with Crippen molar-refractivity contribution in [3.63, 3.8) is 0 Å². The highest BCUT2D eigenvalue weighted by Crippen LogP contribution is 2.43. The van der Waals surface area contributed by atoms with Crippen molar-refractivity contribution in [2.24, 2.45) is 11.8 Å². The van der Waals surface area contributed by atoms with Gasteiger partial charge in [0, 0.05) is 30.6 Å². The normalized spacial score (nSPS) is 23.1. The van der Waals surface area contributed by atoms with E-state index in [1.807, 2.05) is 12.1 Å². The lowest BCUT2D eigenvalue weighted by Gasteiger charge is -2.35. The number of phenols is 1. The molecule has 1 saturated heterocycles.